The van der Waals surface area contributed by atoms with Gasteiger partial charge in [-0.1, -0.05) is 0 Å². The molecule has 0 aliphatic rings. The molecule has 1 amide bonds. The summed E-state index contributed by atoms with van der Waals surface area (Å²) in [7, 11) is 1.49. The van der Waals surface area contributed by atoms with Crippen molar-refractivity contribution in [2.75, 3.05) is 13.7 Å². The standard InChI is InChI=1S/C7H10N4O4/c1-15-3-2-10-4-5(6(8)12)7(9-10)11(13)14/h4H,2-3H2,1H3,(H2,8,12). The van der Waals surface area contributed by atoms with Gasteiger partial charge in [0.1, 0.15) is 0 Å². The van der Waals surface area contributed by atoms with E-state index in [9.17, 15) is 14.9 Å². The number of nitrogens with zero attached hydrogens (tertiary/aromatic N) is 3. The van der Waals surface area contributed by atoms with Gasteiger partial charge in [-0.2, -0.15) is 4.68 Å². The Morgan fingerprint density at radius 2 is 2.47 bits per heavy atom. The van der Waals surface area contributed by atoms with Crippen LogP contribution in [0.2, 0.25) is 0 Å². The van der Waals surface area contributed by atoms with Gasteiger partial charge >= 0.3 is 5.82 Å². The Bertz CT molecular complexity index is 355. The number of hydrogen-bond acceptors (Lipinski definition) is 5. The fraction of sp³-hybridized carbons (Fsp3) is 0.429. The molecule has 0 aliphatic heterocycles. The maximum Gasteiger partial charge on any atom is 0.402 e. The third-order valence-electron chi connectivity index (χ3n) is 1.71. The number of nitrogens with two attached hydrogens (primary N) is 1. The summed E-state index contributed by atoms with van der Waals surface area (Å²) < 4.78 is 6.02. The lowest BCUT2D eigenvalue weighted by Gasteiger charge is -1.93. The first-order valence-electron chi connectivity index (χ1n) is 4.07. The summed E-state index contributed by atoms with van der Waals surface area (Å²) in [6, 6.07) is 0. The van der Waals surface area contributed by atoms with E-state index >= 15 is 0 Å². The van der Waals surface area contributed by atoms with Crippen molar-refractivity contribution in [3.8, 4) is 0 Å². The van der Waals surface area contributed by atoms with Crippen LogP contribution in [0.25, 0.3) is 0 Å². The zero-order chi connectivity index (χ0) is 11.4. The molecule has 0 saturated carbocycles. The number of ether oxygens (including phenoxy) is 1. The van der Waals surface area contributed by atoms with Crippen LogP contribution in [-0.2, 0) is 11.3 Å². The van der Waals surface area contributed by atoms with Gasteiger partial charge in [0.2, 0.25) is 0 Å². The molecule has 0 atom stereocenters. The topological polar surface area (TPSA) is 113 Å². The lowest BCUT2D eigenvalue weighted by atomic mass is 10.3. The molecule has 2 N–H and O–H groups in total. The Kier molecular flexibility index (Phi) is 3.34. The molecule has 1 rings (SSSR count). The minimum absolute atomic E-state index is 0.198. The van der Waals surface area contributed by atoms with Crippen LogP contribution in [0.3, 0.4) is 0 Å². The number of hydrogen-bond donors (Lipinski definition) is 1. The number of amides is 1. The molecule has 15 heavy (non-hydrogen) atoms. The predicted octanol–water partition coefficient (Wildman–Crippen LogP) is -0.463. The minimum atomic E-state index is -0.870. The molecule has 0 saturated heterocycles. The van der Waals surface area contributed by atoms with Crippen molar-refractivity contribution in [2.24, 2.45) is 5.73 Å². The molecule has 1 heterocycles. The van der Waals surface area contributed by atoms with Crippen LogP contribution in [-0.4, -0.2) is 34.3 Å². The molecule has 0 fully saturated rings. The summed E-state index contributed by atoms with van der Waals surface area (Å²) >= 11 is 0. The van der Waals surface area contributed by atoms with Crippen LogP contribution >= 0.6 is 0 Å². The van der Waals surface area contributed by atoms with E-state index in [1.807, 2.05) is 0 Å². The van der Waals surface area contributed by atoms with Crippen molar-refractivity contribution >= 4 is 11.7 Å². The Labute approximate surface area is 84.8 Å². The van der Waals surface area contributed by atoms with Crippen LogP contribution in [0.1, 0.15) is 10.4 Å². The van der Waals surface area contributed by atoms with Gasteiger partial charge in [-0.15, -0.1) is 0 Å². The lowest BCUT2D eigenvalue weighted by Crippen LogP contribution is -2.12. The number of rotatable bonds is 5. The van der Waals surface area contributed by atoms with Gasteiger partial charge in [-0.3, -0.25) is 4.79 Å². The summed E-state index contributed by atoms with van der Waals surface area (Å²) in [6.45, 7) is 0.668. The van der Waals surface area contributed by atoms with Crippen LogP contribution < -0.4 is 5.73 Å². The second kappa shape index (κ2) is 4.51. The number of aromatic nitrogens is 2. The van der Waals surface area contributed by atoms with E-state index in [1.54, 1.807) is 0 Å². The molecule has 0 radical (unpaired) electrons. The van der Waals surface area contributed by atoms with Gasteiger partial charge in [0.15, 0.2) is 5.56 Å². The first kappa shape index (κ1) is 11.1. The molecule has 1 aromatic heterocycles. The molecule has 82 valence electrons. The summed E-state index contributed by atoms with van der Waals surface area (Å²) in [5.74, 6) is -1.40. The van der Waals surface area contributed by atoms with Crippen LogP contribution in [0.15, 0.2) is 6.20 Å². The third kappa shape index (κ3) is 2.50. The maximum atomic E-state index is 10.8. The highest BCUT2D eigenvalue weighted by Gasteiger charge is 2.24. The normalized spacial score (nSPS) is 10.2. The first-order chi connectivity index (χ1) is 7.06. The highest BCUT2D eigenvalue weighted by Crippen LogP contribution is 2.14. The molecule has 0 bridgehead atoms. The van der Waals surface area contributed by atoms with Crippen molar-refractivity contribution in [3.63, 3.8) is 0 Å². The largest absolute Gasteiger partial charge is 0.402 e. The number of nitro groups is 1. The van der Waals surface area contributed by atoms with Gasteiger partial charge < -0.3 is 20.6 Å². The first-order valence-corrected chi connectivity index (χ1v) is 4.07. The van der Waals surface area contributed by atoms with E-state index in [1.165, 1.54) is 18.0 Å². The summed E-state index contributed by atoms with van der Waals surface area (Å²) in [5, 5.41) is 14.1. The summed E-state index contributed by atoms with van der Waals surface area (Å²) in [4.78, 5) is 20.6. The van der Waals surface area contributed by atoms with Gasteiger partial charge in [0, 0.05) is 7.11 Å². The lowest BCUT2D eigenvalue weighted by molar-refractivity contribution is -0.390. The molecular weight excluding hydrogens is 204 g/mol. The summed E-state index contributed by atoms with van der Waals surface area (Å²) in [6.07, 6.45) is 1.24. The van der Waals surface area contributed by atoms with E-state index in [4.69, 9.17) is 10.5 Å². The highest BCUT2D eigenvalue weighted by atomic mass is 16.6. The molecule has 0 unspecified atom stereocenters. The SMILES string of the molecule is COCCn1cc(C(N)=O)c([N+](=O)[O-])n1. The Balaban J connectivity index is 2.98. The number of primary amides is 1. The van der Waals surface area contributed by atoms with Crippen molar-refractivity contribution in [2.45, 2.75) is 6.54 Å². The predicted molar refractivity (Wildman–Crippen MR) is 49.3 cm³/mol. The Morgan fingerprint density at radius 3 is 2.87 bits per heavy atom. The van der Waals surface area contributed by atoms with Gasteiger partial charge in [-0.05, 0) is 4.92 Å². The molecular formula is C7H10N4O4. The van der Waals surface area contributed by atoms with E-state index in [0.717, 1.165) is 0 Å². The van der Waals surface area contributed by atoms with Crippen molar-refractivity contribution in [1.82, 2.24) is 9.78 Å². The van der Waals surface area contributed by atoms with E-state index in [0.29, 0.717) is 13.2 Å². The molecule has 0 spiro atoms. The monoisotopic (exact) mass is 214 g/mol. The maximum absolute atomic E-state index is 10.8. The van der Waals surface area contributed by atoms with Crippen molar-refractivity contribution in [3.05, 3.63) is 21.9 Å². The minimum Gasteiger partial charge on any atom is -0.383 e. The highest BCUT2D eigenvalue weighted by molar-refractivity contribution is 5.95. The Morgan fingerprint density at radius 1 is 1.80 bits per heavy atom. The van der Waals surface area contributed by atoms with Gasteiger partial charge in [0.05, 0.1) is 24.4 Å². The van der Waals surface area contributed by atoms with Crippen molar-refractivity contribution < 1.29 is 14.5 Å². The van der Waals surface area contributed by atoms with Gasteiger partial charge in [-0.25, -0.2) is 0 Å². The van der Waals surface area contributed by atoms with Crippen LogP contribution in [0.4, 0.5) is 5.82 Å². The van der Waals surface area contributed by atoms with E-state index in [-0.39, 0.29) is 5.56 Å². The quantitative estimate of drug-likeness (QED) is 0.526. The number of carbonyl (C=O) groups excluding carboxylic acids is 1. The van der Waals surface area contributed by atoms with Gasteiger partial charge in [0.25, 0.3) is 5.91 Å². The molecule has 8 heteroatoms. The second-order valence-electron chi connectivity index (χ2n) is 2.74. The fourth-order valence-electron chi connectivity index (χ4n) is 1.02. The zero-order valence-electron chi connectivity index (χ0n) is 8.04. The molecule has 8 nitrogen and oxygen atoms in total. The molecule has 1 aromatic rings. The van der Waals surface area contributed by atoms with E-state index < -0.39 is 16.6 Å². The number of carbonyl (C=O) groups is 1. The average Bonchev–Trinajstić information content (AvgIpc) is 2.58. The Hall–Kier alpha value is -1.96. The van der Waals surface area contributed by atoms with E-state index in [2.05, 4.69) is 5.10 Å². The summed E-state index contributed by atoms with van der Waals surface area (Å²) in [5.41, 5.74) is 4.77. The van der Waals surface area contributed by atoms with Crippen LogP contribution in [0.5, 0.6) is 0 Å². The second-order valence-corrected chi connectivity index (χ2v) is 2.74. The van der Waals surface area contributed by atoms with Crippen molar-refractivity contribution in [1.29, 1.82) is 0 Å². The molecule has 0 aliphatic carbocycles. The fourth-order valence-corrected chi connectivity index (χ4v) is 1.02. The average molecular weight is 214 g/mol. The molecule has 0 aromatic carbocycles. The third-order valence-corrected chi connectivity index (χ3v) is 1.71. The smallest absolute Gasteiger partial charge is 0.383 e. The van der Waals surface area contributed by atoms with Crippen LogP contribution in [0, 0.1) is 10.1 Å². The number of methoxy groups -OCH3 is 1. The zero-order valence-corrected chi connectivity index (χ0v) is 8.04.